The molecule has 1 aromatic rings. The molecule has 1 atom stereocenters. The minimum atomic E-state index is 0.380. The van der Waals surface area contributed by atoms with Crippen LogP contribution in [-0.4, -0.2) is 31.1 Å². The minimum Gasteiger partial charge on any atom is -0.314 e. The lowest BCUT2D eigenvalue weighted by Crippen LogP contribution is -2.45. The number of piperazine rings is 1. The van der Waals surface area contributed by atoms with Crippen LogP contribution >= 0.6 is 23.2 Å². The van der Waals surface area contributed by atoms with E-state index >= 15 is 0 Å². The average molecular weight is 315 g/mol. The largest absolute Gasteiger partial charge is 0.314 e. The number of nitrogens with zero attached hydrogens (tertiary/aromatic N) is 1. The van der Waals surface area contributed by atoms with E-state index in [2.05, 4.69) is 30.1 Å². The number of nitrogens with one attached hydrogen (secondary N) is 1. The summed E-state index contributed by atoms with van der Waals surface area (Å²) in [6.45, 7) is 8.80. The molecule has 0 bridgehead atoms. The van der Waals surface area contributed by atoms with E-state index in [-0.39, 0.29) is 0 Å². The Morgan fingerprint density at radius 3 is 2.50 bits per heavy atom. The fourth-order valence-corrected chi connectivity index (χ4v) is 3.23. The van der Waals surface area contributed by atoms with Crippen molar-refractivity contribution in [2.24, 2.45) is 5.92 Å². The quantitative estimate of drug-likeness (QED) is 0.867. The standard InChI is InChI=1S/C16H24Cl2N2/c1-12(2)6-7-15(20-10-8-19-9-11-20)13-4-3-5-14(17)16(13)18/h3-5,12,15,19H,6-11H2,1-2H3/t15-/m0/s1. The lowest BCUT2D eigenvalue weighted by Gasteiger charge is -2.36. The van der Waals surface area contributed by atoms with Crippen molar-refractivity contribution < 1.29 is 0 Å². The number of benzene rings is 1. The minimum absolute atomic E-state index is 0.380. The van der Waals surface area contributed by atoms with E-state index in [1.807, 2.05) is 12.1 Å². The maximum atomic E-state index is 6.45. The Hall–Kier alpha value is -0.280. The van der Waals surface area contributed by atoms with Crippen LogP contribution in [-0.2, 0) is 0 Å². The highest BCUT2D eigenvalue weighted by atomic mass is 35.5. The Bertz CT molecular complexity index is 428. The third-order valence-corrected chi connectivity index (χ3v) is 4.78. The summed E-state index contributed by atoms with van der Waals surface area (Å²) >= 11 is 12.6. The molecule has 1 aromatic carbocycles. The first-order valence-corrected chi connectivity index (χ1v) is 8.24. The number of hydrogen-bond donors (Lipinski definition) is 1. The van der Waals surface area contributed by atoms with E-state index in [4.69, 9.17) is 23.2 Å². The van der Waals surface area contributed by atoms with Gasteiger partial charge in [-0.3, -0.25) is 4.90 Å². The first-order chi connectivity index (χ1) is 9.59. The van der Waals surface area contributed by atoms with Gasteiger partial charge in [0, 0.05) is 32.2 Å². The summed E-state index contributed by atoms with van der Waals surface area (Å²) in [7, 11) is 0. The van der Waals surface area contributed by atoms with E-state index in [0.717, 1.165) is 37.6 Å². The van der Waals surface area contributed by atoms with Crippen molar-refractivity contribution in [3.05, 3.63) is 33.8 Å². The van der Waals surface area contributed by atoms with Gasteiger partial charge in [-0.25, -0.2) is 0 Å². The summed E-state index contributed by atoms with van der Waals surface area (Å²) in [4.78, 5) is 2.54. The SMILES string of the molecule is CC(C)CC[C@@H](c1cccc(Cl)c1Cl)N1CCNCC1. The molecule has 0 aromatic heterocycles. The molecular formula is C16H24Cl2N2. The number of hydrogen-bond acceptors (Lipinski definition) is 2. The topological polar surface area (TPSA) is 15.3 Å². The van der Waals surface area contributed by atoms with Gasteiger partial charge in [-0.15, -0.1) is 0 Å². The van der Waals surface area contributed by atoms with Gasteiger partial charge in [0.15, 0.2) is 0 Å². The molecule has 4 heteroatoms. The second kappa shape index (κ2) is 7.65. The highest BCUT2D eigenvalue weighted by molar-refractivity contribution is 6.42. The Balaban J connectivity index is 2.22. The normalized spacial score (nSPS) is 18.4. The van der Waals surface area contributed by atoms with E-state index in [0.29, 0.717) is 17.0 Å². The van der Waals surface area contributed by atoms with Crippen molar-refractivity contribution in [1.82, 2.24) is 10.2 Å². The molecule has 20 heavy (non-hydrogen) atoms. The molecule has 1 N–H and O–H groups in total. The van der Waals surface area contributed by atoms with Gasteiger partial charge in [-0.2, -0.15) is 0 Å². The maximum absolute atomic E-state index is 6.45. The third kappa shape index (κ3) is 4.11. The molecule has 0 radical (unpaired) electrons. The summed E-state index contributed by atoms with van der Waals surface area (Å²) in [6.07, 6.45) is 2.34. The highest BCUT2D eigenvalue weighted by Crippen LogP contribution is 2.36. The molecule has 1 heterocycles. The maximum Gasteiger partial charge on any atom is 0.0640 e. The molecule has 2 rings (SSSR count). The zero-order chi connectivity index (χ0) is 14.5. The summed E-state index contributed by atoms with van der Waals surface area (Å²) in [6, 6.07) is 6.38. The van der Waals surface area contributed by atoms with Gasteiger partial charge in [0.05, 0.1) is 10.0 Å². The molecule has 2 nitrogen and oxygen atoms in total. The predicted molar refractivity (Wildman–Crippen MR) is 87.7 cm³/mol. The Morgan fingerprint density at radius 2 is 1.85 bits per heavy atom. The van der Waals surface area contributed by atoms with Crippen LogP contribution in [0.1, 0.15) is 38.3 Å². The number of halogens is 2. The zero-order valence-corrected chi connectivity index (χ0v) is 13.8. The van der Waals surface area contributed by atoms with Crippen molar-refractivity contribution in [3.8, 4) is 0 Å². The van der Waals surface area contributed by atoms with Crippen LogP contribution in [0.3, 0.4) is 0 Å². The zero-order valence-electron chi connectivity index (χ0n) is 12.3. The van der Waals surface area contributed by atoms with E-state index in [1.165, 1.54) is 12.0 Å². The Labute approximate surface area is 132 Å². The van der Waals surface area contributed by atoms with Crippen LogP contribution in [0, 0.1) is 5.92 Å². The van der Waals surface area contributed by atoms with Crippen molar-refractivity contribution in [2.75, 3.05) is 26.2 Å². The smallest absolute Gasteiger partial charge is 0.0640 e. The van der Waals surface area contributed by atoms with Gasteiger partial charge < -0.3 is 5.32 Å². The van der Waals surface area contributed by atoms with E-state index in [9.17, 15) is 0 Å². The molecule has 112 valence electrons. The second-order valence-corrected chi connectivity index (χ2v) is 6.70. The summed E-state index contributed by atoms with van der Waals surface area (Å²) in [5.74, 6) is 0.707. The summed E-state index contributed by atoms with van der Waals surface area (Å²) in [5, 5.41) is 4.80. The summed E-state index contributed by atoms with van der Waals surface area (Å²) in [5.41, 5.74) is 1.18. The first kappa shape index (κ1) is 16.1. The average Bonchev–Trinajstić information content (AvgIpc) is 2.44. The Morgan fingerprint density at radius 1 is 1.15 bits per heavy atom. The molecular weight excluding hydrogens is 291 g/mol. The molecule has 1 saturated heterocycles. The second-order valence-electron chi connectivity index (χ2n) is 5.92. The van der Waals surface area contributed by atoms with Crippen molar-refractivity contribution in [2.45, 2.75) is 32.7 Å². The molecule has 0 saturated carbocycles. The lowest BCUT2D eigenvalue weighted by molar-refractivity contribution is 0.160. The predicted octanol–water partition coefficient (Wildman–Crippen LogP) is 4.38. The van der Waals surface area contributed by atoms with Crippen LogP contribution in [0.25, 0.3) is 0 Å². The Kier molecular flexibility index (Phi) is 6.16. The molecule has 0 unspecified atom stereocenters. The lowest BCUT2D eigenvalue weighted by atomic mass is 9.95. The van der Waals surface area contributed by atoms with Crippen LogP contribution in [0.15, 0.2) is 18.2 Å². The van der Waals surface area contributed by atoms with Crippen molar-refractivity contribution >= 4 is 23.2 Å². The fraction of sp³-hybridized carbons (Fsp3) is 0.625. The molecule has 1 aliphatic rings. The van der Waals surface area contributed by atoms with Gasteiger partial charge in [0.1, 0.15) is 0 Å². The van der Waals surface area contributed by atoms with Crippen molar-refractivity contribution in [3.63, 3.8) is 0 Å². The molecule has 1 aliphatic heterocycles. The fourth-order valence-electron chi connectivity index (χ4n) is 2.80. The van der Waals surface area contributed by atoms with Crippen LogP contribution in [0.2, 0.25) is 10.0 Å². The first-order valence-electron chi connectivity index (χ1n) is 7.48. The monoisotopic (exact) mass is 314 g/mol. The van der Waals surface area contributed by atoms with Gasteiger partial charge in [-0.1, -0.05) is 49.2 Å². The number of rotatable bonds is 5. The summed E-state index contributed by atoms with van der Waals surface area (Å²) < 4.78 is 0. The molecule has 0 amide bonds. The van der Waals surface area contributed by atoms with Crippen molar-refractivity contribution in [1.29, 1.82) is 0 Å². The highest BCUT2D eigenvalue weighted by Gasteiger charge is 2.24. The van der Waals surface area contributed by atoms with Crippen LogP contribution in [0.4, 0.5) is 0 Å². The van der Waals surface area contributed by atoms with E-state index < -0.39 is 0 Å². The van der Waals surface area contributed by atoms with Crippen LogP contribution < -0.4 is 5.32 Å². The molecule has 1 fully saturated rings. The molecule has 0 aliphatic carbocycles. The third-order valence-electron chi connectivity index (χ3n) is 3.95. The van der Waals surface area contributed by atoms with E-state index in [1.54, 1.807) is 0 Å². The van der Waals surface area contributed by atoms with Gasteiger partial charge in [0.2, 0.25) is 0 Å². The van der Waals surface area contributed by atoms with Gasteiger partial charge in [-0.05, 0) is 30.4 Å². The molecule has 0 spiro atoms. The van der Waals surface area contributed by atoms with Gasteiger partial charge >= 0.3 is 0 Å². The van der Waals surface area contributed by atoms with Gasteiger partial charge in [0.25, 0.3) is 0 Å². The van der Waals surface area contributed by atoms with Crippen LogP contribution in [0.5, 0.6) is 0 Å².